The van der Waals surface area contributed by atoms with Crippen LogP contribution in [0.25, 0.3) is 0 Å². The molecule has 0 atom stereocenters. The second kappa shape index (κ2) is 3.07. The van der Waals surface area contributed by atoms with Crippen molar-refractivity contribution in [3.63, 3.8) is 0 Å². The fourth-order valence-electron chi connectivity index (χ4n) is 0.498. The monoisotopic (exact) mass is 146 g/mol. The van der Waals surface area contributed by atoms with Crippen LogP contribution in [-0.2, 0) is 4.10 Å². The Kier molecular flexibility index (Phi) is 2.35. The lowest BCUT2D eigenvalue weighted by molar-refractivity contribution is 0.307. The molecule has 0 amide bonds. The molecule has 3 nitrogen and oxygen atoms in total. The standard InChI is InChI=1S/C4H7BO3S/c6-5(7)8-9-3-1-2-4-9/h1-4,6-7,9H. The van der Waals surface area contributed by atoms with Gasteiger partial charge in [0.1, 0.15) is 0 Å². The van der Waals surface area contributed by atoms with Gasteiger partial charge in [-0.3, -0.25) is 0 Å². The first-order valence-corrected chi connectivity index (χ1v) is 3.85. The van der Waals surface area contributed by atoms with Crippen LogP contribution in [0.3, 0.4) is 0 Å². The molecule has 50 valence electrons. The van der Waals surface area contributed by atoms with Crippen molar-refractivity contribution in [3.05, 3.63) is 23.0 Å². The molecule has 9 heavy (non-hydrogen) atoms. The van der Waals surface area contributed by atoms with Crippen molar-refractivity contribution >= 4 is 18.5 Å². The maximum absolute atomic E-state index is 8.29. The molecule has 0 aromatic rings. The third kappa shape index (κ3) is 2.23. The Morgan fingerprint density at radius 2 is 1.78 bits per heavy atom. The Morgan fingerprint density at radius 1 is 1.22 bits per heavy atom. The highest BCUT2D eigenvalue weighted by Gasteiger charge is 2.11. The third-order valence-corrected chi connectivity index (χ3v) is 2.16. The van der Waals surface area contributed by atoms with Crippen LogP contribution in [0.2, 0.25) is 0 Å². The molecular weight excluding hydrogens is 139 g/mol. The van der Waals surface area contributed by atoms with Gasteiger partial charge in [-0.05, 0) is 10.8 Å². The number of hydrogen-bond donors (Lipinski definition) is 3. The minimum Gasteiger partial charge on any atom is -0.401 e. The molecule has 0 bridgehead atoms. The van der Waals surface area contributed by atoms with Gasteiger partial charge in [0.15, 0.2) is 0 Å². The Morgan fingerprint density at radius 3 is 2.22 bits per heavy atom. The Balaban J connectivity index is 2.29. The lowest BCUT2D eigenvalue weighted by Crippen LogP contribution is -2.13. The first-order valence-electron chi connectivity index (χ1n) is 2.45. The highest BCUT2D eigenvalue weighted by molar-refractivity contribution is 8.18. The smallest absolute Gasteiger partial charge is 0.401 e. The van der Waals surface area contributed by atoms with E-state index >= 15 is 0 Å². The summed E-state index contributed by atoms with van der Waals surface area (Å²) in [6.07, 6.45) is 3.63. The fourth-order valence-corrected chi connectivity index (χ4v) is 1.49. The predicted molar refractivity (Wildman–Crippen MR) is 38.5 cm³/mol. The summed E-state index contributed by atoms with van der Waals surface area (Å²) in [5, 5.41) is 20.2. The van der Waals surface area contributed by atoms with Crippen LogP contribution < -0.4 is 0 Å². The first kappa shape index (κ1) is 6.89. The molecule has 0 fully saturated rings. The fraction of sp³-hybridized carbons (Fsp3) is 0. The molecule has 0 aliphatic carbocycles. The second-order valence-electron chi connectivity index (χ2n) is 1.47. The van der Waals surface area contributed by atoms with E-state index in [9.17, 15) is 0 Å². The van der Waals surface area contributed by atoms with Gasteiger partial charge in [0, 0.05) is 0 Å². The summed E-state index contributed by atoms with van der Waals surface area (Å²) in [7, 11) is -1.65. The summed E-state index contributed by atoms with van der Waals surface area (Å²) in [5.74, 6) is 0. The molecule has 0 saturated heterocycles. The molecule has 0 saturated carbocycles. The van der Waals surface area contributed by atoms with Gasteiger partial charge in [0.05, 0.1) is 0 Å². The lowest BCUT2D eigenvalue weighted by atomic mass is 10.3. The second-order valence-corrected chi connectivity index (χ2v) is 3.00. The van der Waals surface area contributed by atoms with Crippen molar-refractivity contribution < 1.29 is 14.1 Å². The predicted octanol–water partition coefficient (Wildman–Crippen LogP) is -0.0703. The zero-order valence-electron chi connectivity index (χ0n) is 4.64. The first-order chi connectivity index (χ1) is 4.29. The van der Waals surface area contributed by atoms with Crippen molar-refractivity contribution in [1.29, 1.82) is 0 Å². The van der Waals surface area contributed by atoms with Crippen LogP contribution in [0, 0.1) is 0 Å². The Bertz CT molecular complexity index is 133. The van der Waals surface area contributed by atoms with Crippen LogP contribution in [0.1, 0.15) is 0 Å². The quantitative estimate of drug-likeness (QED) is 0.377. The molecule has 1 aliphatic heterocycles. The van der Waals surface area contributed by atoms with Crippen LogP contribution in [0.5, 0.6) is 0 Å². The van der Waals surface area contributed by atoms with Crippen molar-refractivity contribution in [3.8, 4) is 0 Å². The van der Waals surface area contributed by atoms with E-state index in [-0.39, 0.29) is 0 Å². The van der Waals surface area contributed by atoms with Crippen LogP contribution in [-0.4, -0.2) is 17.4 Å². The summed E-state index contributed by atoms with van der Waals surface area (Å²) in [6, 6.07) is 0. The molecule has 1 rings (SSSR count). The van der Waals surface area contributed by atoms with E-state index in [2.05, 4.69) is 4.10 Å². The molecule has 2 N–H and O–H groups in total. The van der Waals surface area contributed by atoms with E-state index in [0.717, 1.165) is 0 Å². The number of allylic oxidation sites excluding steroid dienone is 2. The SMILES string of the molecule is OB(O)O[SH]1C=CC=C1. The van der Waals surface area contributed by atoms with E-state index in [1.54, 1.807) is 10.8 Å². The van der Waals surface area contributed by atoms with Gasteiger partial charge in [-0.2, -0.15) is 0 Å². The molecule has 0 unspecified atom stereocenters. The zero-order valence-corrected chi connectivity index (χ0v) is 5.53. The summed E-state index contributed by atoms with van der Waals surface area (Å²) >= 11 is -0.846. The van der Waals surface area contributed by atoms with Gasteiger partial charge in [0.25, 0.3) is 0 Å². The lowest BCUT2D eigenvalue weighted by Gasteiger charge is -2.08. The van der Waals surface area contributed by atoms with Crippen LogP contribution >= 0.6 is 11.2 Å². The minimum absolute atomic E-state index is 0.846. The summed E-state index contributed by atoms with van der Waals surface area (Å²) in [6.45, 7) is 0. The van der Waals surface area contributed by atoms with Gasteiger partial charge in [-0.1, -0.05) is 12.2 Å². The number of hydrogen-bond acceptors (Lipinski definition) is 3. The molecule has 0 spiro atoms. The van der Waals surface area contributed by atoms with Gasteiger partial charge < -0.3 is 14.1 Å². The van der Waals surface area contributed by atoms with E-state index in [0.29, 0.717) is 0 Å². The molecule has 0 aromatic heterocycles. The average Bonchev–Trinajstić information content (AvgIpc) is 2.15. The van der Waals surface area contributed by atoms with E-state index < -0.39 is 18.5 Å². The molecular formula is C4H7BO3S. The van der Waals surface area contributed by atoms with E-state index in [1.165, 1.54) is 0 Å². The normalized spacial score (nSPS) is 19.1. The topological polar surface area (TPSA) is 49.7 Å². The molecule has 1 heterocycles. The molecule has 0 radical (unpaired) electrons. The highest BCUT2D eigenvalue weighted by Crippen LogP contribution is 2.33. The summed E-state index contributed by atoms with van der Waals surface area (Å²) in [4.78, 5) is 0. The van der Waals surface area contributed by atoms with Crippen molar-refractivity contribution in [1.82, 2.24) is 0 Å². The number of thiol groups is 1. The largest absolute Gasteiger partial charge is 0.644 e. The maximum atomic E-state index is 8.29. The van der Waals surface area contributed by atoms with Crippen LogP contribution in [0.4, 0.5) is 0 Å². The van der Waals surface area contributed by atoms with Gasteiger partial charge in [0.2, 0.25) is 0 Å². The van der Waals surface area contributed by atoms with E-state index in [4.69, 9.17) is 10.0 Å². The van der Waals surface area contributed by atoms with Gasteiger partial charge >= 0.3 is 7.32 Å². The number of rotatable bonds is 2. The van der Waals surface area contributed by atoms with Crippen LogP contribution in [0.15, 0.2) is 23.0 Å². The summed E-state index contributed by atoms with van der Waals surface area (Å²) in [5.41, 5.74) is 0. The average molecular weight is 146 g/mol. The van der Waals surface area contributed by atoms with E-state index in [1.807, 2.05) is 12.2 Å². The summed E-state index contributed by atoms with van der Waals surface area (Å²) < 4.78 is 4.61. The molecule has 5 heteroatoms. The highest BCUT2D eigenvalue weighted by atomic mass is 32.2. The zero-order chi connectivity index (χ0) is 6.69. The minimum atomic E-state index is -1.65. The van der Waals surface area contributed by atoms with Crippen molar-refractivity contribution in [2.45, 2.75) is 0 Å². The third-order valence-electron chi connectivity index (χ3n) is 0.793. The molecule has 1 aliphatic rings. The maximum Gasteiger partial charge on any atom is 0.644 e. The van der Waals surface area contributed by atoms with Gasteiger partial charge in [-0.15, -0.1) is 11.2 Å². The van der Waals surface area contributed by atoms with Crippen molar-refractivity contribution in [2.24, 2.45) is 0 Å². The molecule has 0 aromatic carbocycles. The van der Waals surface area contributed by atoms with Gasteiger partial charge in [-0.25, -0.2) is 0 Å². The Hall–Kier alpha value is -0.225. The van der Waals surface area contributed by atoms with Crippen molar-refractivity contribution in [2.75, 3.05) is 0 Å². The Labute approximate surface area is 56.4 Å².